The summed E-state index contributed by atoms with van der Waals surface area (Å²) in [5.74, 6) is 0.877. The molecule has 3 N–H and O–H groups in total. The Morgan fingerprint density at radius 2 is 2.54 bits per heavy atom. The second kappa shape index (κ2) is 3.55. The minimum atomic E-state index is 0.263. The molecule has 6 heteroatoms. The van der Waals surface area contributed by atoms with Crippen LogP contribution in [-0.4, -0.2) is 10.1 Å². The van der Waals surface area contributed by atoms with E-state index in [0.717, 1.165) is 5.00 Å². The lowest BCUT2D eigenvalue weighted by Gasteiger charge is -1.92. The summed E-state index contributed by atoms with van der Waals surface area (Å²) < 4.78 is 4.82. The highest BCUT2D eigenvalue weighted by atomic mass is 32.1. The molecule has 0 saturated carbocycles. The van der Waals surface area contributed by atoms with Crippen molar-refractivity contribution in [3.05, 3.63) is 23.4 Å². The first kappa shape index (κ1) is 8.21. The zero-order chi connectivity index (χ0) is 9.10. The van der Waals surface area contributed by atoms with Gasteiger partial charge in [0.2, 0.25) is 5.89 Å². The lowest BCUT2D eigenvalue weighted by atomic mass is 10.6. The van der Waals surface area contributed by atoms with Gasteiger partial charge in [-0.05, 0) is 22.7 Å². The Morgan fingerprint density at radius 3 is 3.15 bits per heavy atom. The summed E-state index contributed by atoms with van der Waals surface area (Å²) >= 11 is 1.57. The third-order valence-corrected chi connectivity index (χ3v) is 2.18. The molecule has 0 aliphatic heterocycles. The highest BCUT2D eigenvalue weighted by molar-refractivity contribution is 7.14. The highest BCUT2D eigenvalue weighted by Gasteiger charge is 2.03. The largest absolute Gasteiger partial charge is 0.336 e. The van der Waals surface area contributed by atoms with E-state index in [9.17, 15) is 0 Å². The van der Waals surface area contributed by atoms with Crippen LogP contribution in [0.2, 0.25) is 0 Å². The van der Waals surface area contributed by atoms with Gasteiger partial charge in [-0.15, -0.1) is 11.3 Å². The van der Waals surface area contributed by atoms with Gasteiger partial charge in [-0.25, -0.2) is 0 Å². The summed E-state index contributed by atoms with van der Waals surface area (Å²) in [5, 5.41) is 9.62. The second-order valence-electron chi connectivity index (χ2n) is 2.32. The smallest absolute Gasteiger partial charge is 0.268 e. The van der Waals surface area contributed by atoms with Crippen LogP contribution in [0.25, 0.3) is 0 Å². The van der Waals surface area contributed by atoms with Crippen LogP contribution in [-0.2, 0) is 6.54 Å². The lowest BCUT2D eigenvalue weighted by Crippen LogP contribution is -1.96. The summed E-state index contributed by atoms with van der Waals surface area (Å²) in [5.41, 5.74) is 5.32. The molecule has 0 radical (unpaired) electrons. The fourth-order valence-electron chi connectivity index (χ4n) is 0.848. The average molecular weight is 196 g/mol. The van der Waals surface area contributed by atoms with Gasteiger partial charge in [0.25, 0.3) is 5.95 Å². The van der Waals surface area contributed by atoms with Crippen molar-refractivity contribution in [1.29, 1.82) is 0 Å². The van der Waals surface area contributed by atoms with Gasteiger partial charge in [0.1, 0.15) is 0 Å². The molecule has 0 aromatic carbocycles. The first-order valence-corrected chi connectivity index (χ1v) is 4.59. The summed E-state index contributed by atoms with van der Waals surface area (Å²) in [4.78, 5) is 4.00. The number of rotatable bonds is 3. The number of nitrogens with zero attached hydrogens (tertiary/aromatic N) is 2. The van der Waals surface area contributed by atoms with Gasteiger partial charge >= 0.3 is 0 Å². The Labute approximate surface area is 78.6 Å². The lowest BCUT2D eigenvalue weighted by molar-refractivity contribution is 0.381. The minimum Gasteiger partial charge on any atom is -0.336 e. The molecule has 0 amide bonds. The van der Waals surface area contributed by atoms with E-state index in [4.69, 9.17) is 10.3 Å². The van der Waals surface area contributed by atoms with E-state index in [0.29, 0.717) is 11.8 Å². The first-order valence-electron chi connectivity index (χ1n) is 3.71. The van der Waals surface area contributed by atoms with Crippen molar-refractivity contribution in [3.8, 4) is 0 Å². The summed E-state index contributed by atoms with van der Waals surface area (Å²) in [6, 6.07) is 3.88. The van der Waals surface area contributed by atoms with Crippen molar-refractivity contribution in [2.24, 2.45) is 5.73 Å². The quantitative estimate of drug-likeness (QED) is 0.774. The number of nitrogens with one attached hydrogen (secondary N) is 1. The predicted octanol–water partition coefficient (Wildman–Crippen LogP) is 1.33. The molecule has 2 rings (SSSR count). The molecule has 2 aromatic rings. The van der Waals surface area contributed by atoms with E-state index in [2.05, 4.69) is 15.5 Å². The topological polar surface area (TPSA) is 77.0 Å². The van der Waals surface area contributed by atoms with Crippen LogP contribution in [0, 0.1) is 0 Å². The van der Waals surface area contributed by atoms with Crippen LogP contribution < -0.4 is 11.1 Å². The second-order valence-corrected chi connectivity index (χ2v) is 3.27. The molecule has 2 heterocycles. The molecule has 0 saturated heterocycles. The van der Waals surface area contributed by atoms with Crippen molar-refractivity contribution in [1.82, 2.24) is 10.1 Å². The van der Waals surface area contributed by atoms with Crippen molar-refractivity contribution in [3.63, 3.8) is 0 Å². The molecule has 13 heavy (non-hydrogen) atoms. The Hall–Kier alpha value is -1.40. The van der Waals surface area contributed by atoms with Crippen molar-refractivity contribution < 1.29 is 4.52 Å². The molecular formula is C7H8N4OS. The fourth-order valence-corrected chi connectivity index (χ4v) is 1.46. The normalized spacial score (nSPS) is 10.2. The maximum absolute atomic E-state index is 5.32. The van der Waals surface area contributed by atoms with E-state index < -0.39 is 0 Å². The Bertz CT molecular complexity index is 370. The molecule has 0 unspecified atom stereocenters. The number of thiophene rings is 1. The van der Waals surface area contributed by atoms with Crippen LogP contribution in [0.4, 0.5) is 10.9 Å². The van der Waals surface area contributed by atoms with Crippen LogP contribution in [0.5, 0.6) is 0 Å². The van der Waals surface area contributed by atoms with Gasteiger partial charge < -0.3 is 15.6 Å². The monoisotopic (exact) mass is 196 g/mol. The minimum absolute atomic E-state index is 0.263. The number of aromatic nitrogens is 2. The van der Waals surface area contributed by atoms with E-state index in [1.54, 1.807) is 11.3 Å². The van der Waals surface area contributed by atoms with E-state index in [1.807, 2.05) is 17.5 Å². The number of nitrogens with two attached hydrogens (primary N) is 1. The molecule has 0 atom stereocenters. The zero-order valence-corrected chi connectivity index (χ0v) is 7.54. The van der Waals surface area contributed by atoms with E-state index in [1.165, 1.54) is 0 Å². The van der Waals surface area contributed by atoms with Crippen LogP contribution in [0.3, 0.4) is 0 Å². The maximum atomic E-state index is 5.32. The molecular weight excluding hydrogens is 188 g/mol. The molecule has 0 bridgehead atoms. The molecule has 5 nitrogen and oxygen atoms in total. The van der Waals surface area contributed by atoms with Gasteiger partial charge in [0.05, 0.1) is 11.5 Å². The average Bonchev–Trinajstić information content (AvgIpc) is 2.76. The maximum Gasteiger partial charge on any atom is 0.268 e. The molecule has 0 fully saturated rings. The van der Waals surface area contributed by atoms with Gasteiger partial charge in [0.15, 0.2) is 0 Å². The molecule has 68 valence electrons. The van der Waals surface area contributed by atoms with Crippen LogP contribution >= 0.6 is 11.3 Å². The Morgan fingerprint density at radius 1 is 1.62 bits per heavy atom. The van der Waals surface area contributed by atoms with Crippen molar-refractivity contribution in [2.75, 3.05) is 5.32 Å². The third-order valence-electron chi connectivity index (χ3n) is 1.40. The summed E-state index contributed by atoms with van der Waals surface area (Å²) in [6.07, 6.45) is 0. The third kappa shape index (κ3) is 1.85. The molecule has 0 spiro atoms. The molecule has 0 aliphatic carbocycles. The van der Waals surface area contributed by atoms with Crippen LogP contribution in [0.15, 0.2) is 22.0 Å². The molecule has 2 aromatic heterocycles. The Kier molecular flexibility index (Phi) is 2.24. The summed E-state index contributed by atoms with van der Waals surface area (Å²) in [6.45, 7) is 0.263. The number of anilines is 2. The fraction of sp³-hybridized carbons (Fsp3) is 0.143. The Balaban J connectivity index is 2.10. The van der Waals surface area contributed by atoms with E-state index in [-0.39, 0.29) is 6.54 Å². The van der Waals surface area contributed by atoms with Gasteiger partial charge in [0, 0.05) is 0 Å². The van der Waals surface area contributed by atoms with E-state index >= 15 is 0 Å². The first-order chi connectivity index (χ1) is 6.38. The molecule has 0 aliphatic rings. The van der Waals surface area contributed by atoms with Gasteiger partial charge in [-0.3, -0.25) is 0 Å². The zero-order valence-electron chi connectivity index (χ0n) is 6.73. The van der Waals surface area contributed by atoms with Crippen LogP contribution in [0.1, 0.15) is 5.89 Å². The number of hydrogen-bond donors (Lipinski definition) is 2. The van der Waals surface area contributed by atoms with Gasteiger partial charge in [-0.2, -0.15) is 4.98 Å². The summed E-state index contributed by atoms with van der Waals surface area (Å²) in [7, 11) is 0. The van der Waals surface area contributed by atoms with Crippen molar-refractivity contribution >= 4 is 22.3 Å². The highest BCUT2D eigenvalue weighted by Crippen LogP contribution is 2.18. The SMILES string of the molecule is NCc1nc(Nc2cccs2)no1. The van der Waals surface area contributed by atoms with Crippen molar-refractivity contribution in [2.45, 2.75) is 6.54 Å². The predicted molar refractivity (Wildman–Crippen MR) is 49.8 cm³/mol. The standard InChI is InChI=1S/C7H8N4OS/c8-4-5-9-7(11-12-5)10-6-2-1-3-13-6/h1-3H,4,8H2,(H,10,11). The number of hydrogen-bond acceptors (Lipinski definition) is 6. The van der Waals surface area contributed by atoms with Gasteiger partial charge in [-0.1, -0.05) is 0 Å².